The molecule has 1 nitrogen and oxygen atoms in total. The van der Waals surface area contributed by atoms with E-state index in [4.69, 9.17) is 0 Å². The zero-order valence-electron chi connectivity index (χ0n) is 11.8. The molecule has 0 amide bonds. The summed E-state index contributed by atoms with van der Waals surface area (Å²) in [6, 6.07) is 0. The number of rotatable bonds is 12. The van der Waals surface area contributed by atoms with Crippen molar-refractivity contribution in [2.75, 3.05) is 6.54 Å². The first-order valence-electron chi connectivity index (χ1n) is 7.31. The Morgan fingerprint density at radius 1 is 0.688 bits per heavy atom. The van der Waals surface area contributed by atoms with Crippen molar-refractivity contribution in [3.8, 4) is 0 Å². The third-order valence-electron chi connectivity index (χ3n) is 3.01. The molecule has 0 heterocycles. The molecular formula is C14H32NZr. The van der Waals surface area contributed by atoms with Gasteiger partial charge < -0.3 is 0 Å². The zero-order valence-corrected chi connectivity index (χ0v) is 14.2. The summed E-state index contributed by atoms with van der Waals surface area (Å²) in [5.74, 6) is 0. The quantitative estimate of drug-likeness (QED) is 0.493. The molecule has 0 aromatic rings. The summed E-state index contributed by atoms with van der Waals surface area (Å²) < 4.78 is 8.50. The van der Waals surface area contributed by atoms with E-state index in [1.54, 1.807) is 0 Å². The fraction of sp³-hybridized carbons (Fsp3) is 1.00. The van der Waals surface area contributed by atoms with Crippen molar-refractivity contribution >= 4 is 0 Å². The first-order valence-corrected chi connectivity index (χ1v) is 13.5. The van der Waals surface area contributed by atoms with Gasteiger partial charge in [-0.1, -0.05) is 6.92 Å². The van der Waals surface area contributed by atoms with Crippen molar-refractivity contribution in [3.63, 3.8) is 0 Å². The molecule has 16 heavy (non-hydrogen) atoms. The molecule has 0 saturated heterocycles. The van der Waals surface area contributed by atoms with Crippen molar-refractivity contribution in [1.29, 1.82) is 0 Å². The zero-order chi connectivity index (χ0) is 12.1. The molecule has 0 rings (SSSR count). The van der Waals surface area contributed by atoms with Gasteiger partial charge in [0, 0.05) is 0 Å². The van der Waals surface area contributed by atoms with Crippen LogP contribution in [0.25, 0.3) is 0 Å². The molecule has 0 aliphatic carbocycles. The number of hydrogen-bond acceptors (Lipinski definition) is 1. The van der Waals surface area contributed by atoms with Gasteiger partial charge in [-0.2, -0.15) is 0 Å². The van der Waals surface area contributed by atoms with Gasteiger partial charge in [-0.3, -0.25) is 0 Å². The molecule has 0 fully saturated rings. The SMILES string of the molecule is CCCCCCCCCCCC[NH][Zr]([CH3])[CH3]. The normalized spacial score (nSPS) is 10.7. The summed E-state index contributed by atoms with van der Waals surface area (Å²) in [6.45, 7) is 3.58. The molecule has 0 aromatic heterocycles. The monoisotopic (exact) mass is 304 g/mol. The second-order valence-corrected chi connectivity index (χ2v) is 10.9. The fourth-order valence-electron chi connectivity index (χ4n) is 1.95. The van der Waals surface area contributed by atoms with E-state index in [2.05, 4.69) is 19.4 Å². The van der Waals surface area contributed by atoms with Gasteiger partial charge in [0.15, 0.2) is 0 Å². The standard InChI is InChI=1S/C12H26N.2CH3.Zr/c1-2-3-4-5-6-7-8-9-10-11-12-13;;;/h13H,2-12H2,1H3;2*1H3;/q-1;;;+1. The van der Waals surface area contributed by atoms with Crippen LogP contribution in [0.1, 0.15) is 71.1 Å². The molecule has 0 aliphatic heterocycles. The molecule has 0 aromatic carbocycles. The molecular weight excluding hydrogens is 273 g/mol. The van der Waals surface area contributed by atoms with E-state index in [-0.39, 0.29) is 0 Å². The molecule has 0 bridgehead atoms. The molecule has 0 aliphatic rings. The van der Waals surface area contributed by atoms with E-state index < -0.39 is 22.0 Å². The van der Waals surface area contributed by atoms with Gasteiger partial charge in [-0.05, 0) is 0 Å². The Kier molecular flexibility index (Phi) is 14.6. The summed E-state index contributed by atoms with van der Waals surface area (Å²) in [4.78, 5) is 0. The maximum absolute atomic E-state index is 3.67. The number of nitrogens with one attached hydrogen (secondary N) is 1. The van der Waals surface area contributed by atoms with E-state index in [1.807, 2.05) is 0 Å². The van der Waals surface area contributed by atoms with Gasteiger partial charge in [0.2, 0.25) is 0 Å². The summed E-state index contributed by atoms with van der Waals surface area (Å²) in [7, 11) is 0. The Morgan fingerprint density at radius 3 is 1.56 bits per heavy atom. The third kappa shape index (κ3) is 14.8. The molecule has 97 valence electrons. The van der Waals surface area contributed by atoms with Crippen molar-refractivity contribution in [1.82, 2.24) is 3.26 Å². The summed E-state index contributed by atoms with van der Waals surface area (Å²) in [5, 5.41) is 0. The van der Waals surface area contributed by atoms with Crippen LogP contribution in [0.15, 0.2) is 0 Å². The van der Waals surface area contributed by atoms with Gasteiger partial charge in [0.1, 0.15) is 0 Å². The minimum atomic E-state index is -0.982. The van der Waals surface area contributed by atoms with Crippen LogP contribution in [-0.2, 0) is 22.0 Å². The molecule has 2 heteroatoms. The van der Waals surface area contributed by atoms with E-state index in [0.29, 0.717) is 0 Å². The fourth-order valence-corrected chi connectivity index (χ4v) is 3.61. The van der Waals surface area contributed by atoms with Crippen LogP contribution in [0.3, 0.4) is 0 Å². The van der Waals surface area contributed by atoms with Crippen molar-refractivity contribution < 1.29 is 22.0 Å². The molecule has 0 radical (unpaired) electrons. The average Bonchev–Trinajstić information content (AvgIpc) is 2.25. The first kappa shape index (κ1) is 16.8. The van der Waals surface area contributed by atoms with Crippen LogP contribution in [0.5, 0.6) is 0 Å². The molecule has 0 unspecified atom stereocenters. The molecule has 0 saturated carbocycles. The van der Waals surface area contributed by atoms with Gasteiger partial charge >= 0.3 is 105 Å². The number of hydrogen-bond donors (Lipinski definition) is 1. The number of unbranched alkanes of at least 4 members (excludes halogenated alkanes) is 9. The second-order valence-electron chi connectivity index (χ2n) is 5.11. The van der Waals surface area contributed by atoms with Crippen LogP contribution in [0.4, 0.5) is 0 Å². The van der Waals surface area contributed by atoms with Crippen molar-refractivity contribution in [2.45, 2.75) is 80.4 Å². The third-order valence-corrected chi connectivity index (χ3v) is 5.36. The molecule has 0 spiro atoms. The van der Waals surface area contributed by atoms with Crippen LogP contribution in [0.2, 0.25) is 9.26 Å². The Bertz CT molecular complexity index is 126. The molecule has 1 N–H and O–H groups in total. The van der Waals surface area contributed by atoms with E-state index >= 15 is 0 Å². The second kappa shape index (κ2) is 13.9. The topological polar surface area (TPSA) is 12.0 Å². The van der Waals surface area contributed by atoms with Crippen molar-refractivity contribution in [3.05, 3.63) is 0 Å². The molecule has 0 atom stereocenters. The Hall–Kier alpha value is 0.843. The van der Waals surface area contributed by atoms with E-state index in [1.165, 1.54) is 70.8 Å². The summed E-state index contributed by atoms with van der Waals surface area (Å²) in [5.41, 5.74) is 0. The van der Waals surface area contributed by atoms with Crippen LogP contribution in [-0.4, -0.2) is 6.54 Å². The van der Waals surface area contributed by atoms with Gasteiger partial charge in [0.05, 0.1) is 0 Å². The maximum atomic E-state index is 3.67. The predicted octanol–water partition coefficient (Wildman–Crippen LogP) is 5.13. The Labute approximate surface area is 112 Å². The van der Waals surface area contributed by atoms with Crippen LogP contribution >= 0.6 is 0 Å². The van der Waals surface area contributed by atoms with Crippen LogP contribution in [0, 0.1) is 0 Å². The average molecular weight is 306 g/mol. The van der Waals surface area contributed by atoms with Gasteiger partial charge in [-0.15, -0.1) is 0 Å². The van der Waals surface area contributed by atoms with Crippen molar-refractivity contribution in [2.24, 2.45) is 0 Å². The predicted molar refractivity (Wildman–Crippen MR) is 71.6 cm³/mol. The summed E-state index contributed by atoms with van der Waals surface area (Å²) in [6.07, 6.45) is 14.5. The van der Waals surface area contributed by atoms with Gasteiger partial charge in [0.25, 0.3) is 0 Å². The van der Waals surface area contributed by atoms with E-state index in [9.17, 15) is 0 Å². The van der Waals surface area contributed by atoms with E-state index in [0.717, 1.165) is 0 Å². The summed E-state index contributed by atoms with van der Waals surface area (Å²) >= 11 is -0.982. The Balaban J connectivity index is 2.88. The van der Waals surface area contributed by atoms with Crippen LogP contribution < -0.4 is 3.26 Å². The Morgan fingerprint density at radius 2 is 1.12 bits per heavy atom. The van der Waals surface area contributed by atoms with Gasteiger partial charge in [-0.25, -0.2) is 0 Å². The first-order chi connectivity index (χ1) is 7.77. The minimum absolute atomic E-state index is 0.982.